The van der Waals surface area contributed by atoms with Crippen LogP contribution in [-0.4, -0.2) is 28.1 Å². The standard InChI is InChI=1S/C19H16N4O3/c1-12(24)23-16-5-3-2-4-14(16)10-17(23)18(25)21-15-8-6-13(7-9-15)19-22-20-11-26-19/h2-9,11,17H,10H2,1H3,(H,21,25)/t17-/m0/s1. The molecule has 0 unspecified atom stereocenters. The molecule has 0 spiro atoms. The smallest absolute Gasteiger partial charge is 0.247 e. The Labute approximate surface area is 149 Å². The Morgan fingerprint density at radius 2 is 1.92 bits per heavy atom. The Balaban J connectivity index is 1.52. The summed E-state index contributed by atoms with van der Waals surface area (Å²) in [7, 11) is 0. The van der Waals surface area contributed by atoms with Crippen LogP contribution in [0.1, 0.15) is 12.5 Å². The molecule has 130 valence electrons. The molecule has 0 radical (unpaired) electrons. The second-order valence-corrected chi connectivity index (χ2v) is 6.05. The van der Waals surface area contributed by atoms with Gasteiger partial charge in [0.05, 0.1) is 0 Å². The maximum atomic E-state index is 12.8. The highest BCUT2D eigenvalue weighted by molar-refractivity contribution is 6.06. The minimum absolute atomic E-state index is 0.151. The Hall–Kier alpha value is -3.48. The highest BCUT2D eigenvalue weighted by Gasteiger charge is 2.36. The third-order valence-electron chi connectivity index (χ3n) is 4.38. The molecule has 7 heteroatoms. The molecule has 26 heavy (non-hydrogen) atoms. The van der Waals surface area contributed by atoms with E-state index in [1.165, 1.54) is 13.3 Å². The number of aromatic nitrogens is 2. The molecule has 0 bridgehead atoms. The summed E-state index contributed by atoms with van der Waals surface area (Å²) in [5, 5.41) is 10.4. The predicted octanol–water partition coefficient (Wildman–Crippen LogP) is 2.65. The molecule has 2 heterocycles. The van der Waals surface area contributed by atoms with E-state index < -0.39 is 6.04 Å². The molecule has 1 atom stereocenters. The minimum Gasteiger partial charge on any atom is -0.423 e. The lowest BCUT2D eigenvalue weighted by atomic mass is 10.1. The molecule has 2 aromatic carbocycles. The van der Waals surface area contributed by atoms with Crippen molar-refractivity contribution in [2.24, 2.45) is 0 Å². The Bertz CT molecular complexity index is 951. The fourth-order valence-electron chi connectivity index (χ4n) is 3.21. The van der Waals surface area contributed by atoms with Crippen LogP contribution in [-0.2, 0) is 16.0 Å². The number of carbonyl (C=O) groups excluding carboxylic acids is 2. The average Bonchev–Trinajstić information content (AvgIpc) is 3.30. The topological polar surface area (TPSA) is 88.3 Å². The summed E-state index contributed by atoms with van der Waals surface area (Å²) < 4.78 is 5.14. The molecular formula is C19H16N4O3. The van der Waals surface area contributed by atoms with E-state index in [4.69, 9.17) is 4.42 Å². The monoisotopic (exact) mass is 348 g/mol. The Morgan fingerprint density at radius 3 is 2.62 bits per heavy atom. The predicted molar refractivity (Wildman–Crippen MR) is 95.5 cm³/mol. The number of nitrogens with one attached hydrogen (secondary N) is 1. The molecule has 0 saturated carbocycles. The first-order valence-corrected chi connectivity index (χ1v) is 8.18. The van der Waals surface area contributed by atoms with Crippen molar-refractivity contribution in [2.75, 3.05) is 10.2 Å². The number of carbonyl (C=O) groups is 2. The highest BCUT2D eigenvalue weighted by atomic mass is 16.4. The van der Waals surface area contributed by atoms with Gasteiger partial charge in [-0.1, -0.05) is 18.2 Å². The Kier molecular flexibility index (Phi) is 3.96. The third kappa shape index (κ3) is 2.83. The van der Waals surface area contributed by atoms with Crippen LogP contribution in [0.2, 0.25) is 0 Å². The van der Waals surface area contributed by atoms with Crippen molar-refractivity contribution >= 4 is 23.2 Å². The average molecular weight is 348 g/mol. The molecule has 1 N–H and O–H groups in total. The van der Waals surface area contributed by atoms with Crippen LogP contribution >= 0.6 is 0 Å². The summed E-state index contributed by atoms with van der Waals surface area (Å²) in [6.07, 6.45) is 1.76. The normalized spacial score (nSPS) is 15.6. The fraction of sp³-hybridized carbons (Fsp3) is 0.158. The van der Waals surface area contributed by atoms with E-state index in [-0.39, 0.29) is 11.8 Å². The molecule has 0 aliphatic carbocycles. The molecule has 1 aliphatic heterocycles. The van der Waals surface area contributed by atoms with E-state index in [9.17, 15) is 9.59 Å². The summed E-state index contributed by atoms with van der Waals surface area (Å²) in [5.41, 5.74) is 3.19. The molecule has 1 aromatic heterocycles. The van der Waals surface area contributed by atoms with Crippen LogP contribution in [0.5, 0.6) is 0 Å². The van der Waals surface area contributed by atoms with Gasteiger partial charge in [-0.2, -0.15) is 0 Å². The van der Waals surface area contributed by atoms with Crippen LogP contribution in [0.25, 0.3) is 11.5 Å². The van der Waals surface area contributed by atoms with Crippen LogP contribution in [0.4, 0.5) is 11.4 Å². The number of amides is 2. The number of benzene rings is 2. The van der Waals surface area contributed by atoms with Crippen molar-refractivity contribution in [3.8, 4) is 11.5 Å². The number of anilines is 2. The van der Waals surface area contributed by atoms with E-state index in [0.717, 1.165) is 16.8 Å². The summed E-state index contributed by atoms with van der Waals surface area (Å²) in [6.45, 7) is 1.47. The van der Waals surface area contributed by atoms with Gasteiger partial charge in [-0.25, -0.2) is 0 Å². The van der Waals surface area contributed by atoms with Crippen LogP contribution in [0, 0.1) is 0 Å². The lowest BCUT2D eigenvalue weighted by Crippen LogP contribution is -2.44. The second kappa shape index (κ2) is 6.44. The van der Waals surface area contributed by atoms with Gasteiger partial charge in [-0.3, -0.25) is 14.5 Å². The summed E-state index contributed by atoms with van der Waals surface area (Å²) in [4.78, 5) is 26.4. The van der Waals surface area contributed by atoms with Crippen molar-refractivity contribution in [3.63, 3.8) is 0 Å². The molecular weight excluding hydrogens is 332 g/mol. The number of nitrogens with zero attached hydrogens (tertiary/aromatic N) is 3. The molecule has 2 amide bonds. The summed E-state index contributed by atoms with van der Waals surface area (Å²) >= 11 is 0. The lowest BCUT2D eigenvalue weighted by molar-refractivity contribution is -0.122. The Morgan fingerprint density at radius 1 is 1.15 bits per heavy atom. The molecule has 4 rings (SSSR count). The van der Waals surface area contributed by atoms with Crippen LogP contribution < -0.4 is 10.2 Å². The first-order valence-electron chi connectivity index (χ1n) is 8.18. The zero-order valence-electron chi connectivity index (χ0n) is 14.0. The molecule has 0 fully saturated rings. The van der Waals surface area contributed by atoms with Crippen molar-refractivity contribution in [3.05, 3.63) is 60.5 Å². The van der Waals surface area contributed by atoms with Crippen molar-refractivity contribution in [2.45, 2.75) is 19.4 Å². The summed E-state index contributed by atoms with van der Waals surface area (Å²) in [6, 6.07) is 14.1. The molecule has 7 nitrogen and oxygen atoms in total. The molecule has 1 aliphatic rings. The first kappa shape index (κ1) is 16.0. The van der Waals surface area contributed by atoms with E-state index in [2.05, 4.69) is 15.5 Å². The maximum absolute atomic E-state index is 12.8. The number of hydrogen-bond acceptors (Lipinski definition) is 5. The largest absolute Gasteiger partial charge is 0.423 e. The molecule has 0 saturated heterocycles. The molecule has 3 aromatic rings. The van der Waals surface area contributed by atoms with Gasteiger partial charge in [-0.15, -0.1) is 10.2 Å². The van der Waals surface area contributed by atoms with Crippen molar-refractivity contribution in [1.82, 2.24) is 10.2 Å². The van der Waals surface area contributed by atoms with Crippen LogP contribution in [0.15, 0.2) is 59.3 Å². The zero-order valence-corrected chi connectivity index (χ0v) is 14.0. The number of rotatable bonds is 3. The van der Waals surface area contributed by atoms with Gasteiger partial charge in [0.1, 0.15) is 6.04 Å². The summed E-state index contributed by atoms with van der Waals surface area (Å²) in [5.74, 6) is 0.0423. The van der Waals surface area contributed by atoms with Gasteiger partial charge >= 0.3 is 0 Å². The third-order valence-corrected chi connectivity index (χ3v) is 4.38. The van der Waals surface area contributed by atoms with Gasteiger partial charge < -0.3 is 9.73 Å². The quantitative estimate of drug-likeness (QED) is 0.786. The van der Waals surface area contributed by atoms with Crippen molar-refractivity contribution in [1.29, 1.82) is 0 Å². The number of para-hydroxylation sites is 1. The minimum atomic E-state index is -0.555. The fourth-order valence-corrected chi connectivity index (χ4v) is 3.21. The number of fused-ring (bicyclic) bond motifs is 1. The van der Waals surface area contributed by atoms with Gasteiger partial charge in [0.2, 0.25) is 24.1 Å². The lowest BCUT2D eigenvalue weighted by Gasteiger charge is -2.23. The van der Waals surface area contributed by atoms with Crippen LogP contribution in [0.3, 0.4) is 0 Å². The highest BCUT2D eigenvalue weighted by Crippen LogP contribution is 2.32. The maximum Gasteiger partial charge on any atom is 0.247 e. The first-order chi connectivity index (χ1) is 12.6. The number of hydrogen-bond donors (Lipinski definition) is 1. The van der Waals surface area contributed by atoms with Gasteiger partial charge in [0.25, 0.3) is 0 Å². The van der Waals surface area contributed by atoms with Gasteiger partial charge in [-0.05, 0) is 35.9 Å². The SMILES string of the molecule is CC(=O)N1c2ccccc2C[C@H]1C(=O)Nc1ccc(-c2nnco2)cc1. The van der Waals surface area contributed by atoms with Gasteiger partial charge in [0.15, 0.2) is 0 Å². The van der Waals surface area contributed by atoms with Gasteiger partial charge in [0, 0.05) is 30.3 Å². The zero-order chi connectivity index (χ0) is 18.1. The van der Waals surface area contributed by atoms with E-state index in [1.54, 1.807) is 29.2 Å². The van der Waals surface area contributed by atoms with E-state index in [0.29, 0.717) is 18.0 Å². The van der Waals surface area contributed by atoms with E-state index in [1.807, 2.05) is 24.3 Å². The second-order valence-electron chi connectivity index (χ2n) is 6.05. The van der Waals surface area contributed by atoms with Crippen molar-refractivity contribution < 1.29 is 14.0 Å². The van der Waals surface area contributed by atoms with E-state index >= 15 is 0 Å².